The highest BCUT2D eigenvalue weighted by Crippen LogP contribution is 2.38. The van der Waals surface area contributed by atoms with Gasteiger partial charge in [-0.2, -0.15) is 0 Å². The van der Waals surface area contributed by atoms with Crippen LogP contribution in [0, 0.1) is 10.1 Å². The van der Waals surface area contributed by atoms with Crippen molar-refractivity contribution in [3.63, 3.8) is 0 Å². The van der Waals surface area contributed by atoms with E-state index in [1.54, 1.807) is 24.1 Å². The van der Waals surface area contributed by atoms with Crippen LogP contribution in [0.15, 0.2) is 36.0 Å². The molecule has 0 saturated heterocycles. The number of carboxylic acids is 1. The second-order valence-electron chi connectivity index (χ2n) is 5.40. The molecule has 0 unspecified atom stereocenters. The smallest absolute Gasteiger partial charge is 0.305 e. The first kappa shape index (κ1) is 16.8. The average Bonchev–Trinajstić information content (AvgIpc) is 3.03. The minimum atomic E-state index is -0.888. The molecule has 0 radical (unpaired) electrons. The number of nitro groups is 1. The zero-order chi connectivity index (χ0) is 18.0. The number of hydrogen-bond donors (Lipinski definition) is 1. The molecule has 0 spiro atoms. The maximum Gasteiger partial charge on any atom is 0.305 e. The molecule has 9 heteroatoms. The molecule has 0 atom stereocenters. The van der Waals surface area contributed by atoms with Crippen LogP contribution in [0.25, 0.3) is 21.3 Å². The molecule has 3 aromatic rings. The summed E-state index contributed by atoms with van der Waals surface area (Å²) < 4.78 is 0. The van der Waals surface area contributed by atoms with Crippen LogP contribution >= 0.6 is 11.3 Å². The Labute approximate surface area is 146 Å². The number of carboxylic acid groups (broad SMARTS) is 1. The van der Waals surface area contributed by atoms with Crippen LogP contribution in [0.2, 0.25) is 0 Å². The first-order valence-corrected chi connectivity index (χ1v) is 8.25. The largest absolute Gasteiger partial charge is 0.481 e. The zero-order valence-corrected chi connectivity index (χ0v) is 14.1. The van der Waals surface area contributed by atoms with Gasteiger partial charge in [-0.05, 0) is 5.56 Å². The molecule has 3 rings (SSSR count). The number of anilines is 1. The number of non-ortho nitro benzene ring substituents is 1. The highest BCUT2D eigenvalue weighted by Gasteiger charge is 2.17. The van der Waals surface area contributed by atoms with E-state index in [1.165, 1.54) is 29.8 Å². The summed E-state index contributed by atoms with van der Waals surface area (Å²) in [5.74, 6) is -0.282. The molecule has 0 amide bonds. The third kappa shape index (κ3) is 3.41. The lowest BCUT2D eigenvalue weighted by molar-refractivity contribution is -0.384. The number of nitrogens with zero attached hydrogens (tertiary/aromatic N) is 4. The molecule has 1 aromatic carbocycles. The van der Waals surface area contributed by atoms with Gasteiger partial charge in [-0.15, -0.1) is 11.3 Å². The molecule has 0 aliphatic carbocycles. The van der Waals surface area contributed by atoms with Gasteiger partial charge in [-0.3, -0.25) is 14.9 Å². The van der Waals surface area contributed by atoms with Crippen LogP contribution in [0.4, 0.5) is 11.5 Å². The highest BCUT2D eigenvalue weighted by molar-refractivity contribution is 7.17. The number of fused-ring (bicyclic) bond motifs is 1. The summed E-state index contributed by atoms with van der Waals surface area (Å²) in [4.78, 5) is 32.5. The number of nitro benzene ring substituents is 1. The summed E-state index contributed by atoms with van der Waals surface area (Å²) >= 11 is 1.42. The number of rotatable bonds is 6. The Morgan fingerprint density at radius 1 is 1.40 bits per heavy atom. The van der Waals surface area contributed by atoms with Gasteiger partial charge in [0.15, 0.2) is 0 Å². The Morgan fingerprint density at radius 2 is 2.20 bits per heavy atom. The van der Waals surface area contributed by atoms with E-state index in [0.29, 0.717) is 17.9 Å². The van der Waals surface area contributed by atoms with Gasteiger partial charge >= 0.3 is 5.97 Å². The second kappa shape index (κ2) is 6.81. The van der Waals surface area contributed by atoms with E-state index >= 15 is 0 Å². The summed E-state index contributed by atoms with van der Waals surface area (Å²) in [6, 6.07) is 6.38. The summed E-state index contributed by atoms with van der Waals surface area (Å²) in [6.45, 7) is 0.297. The molecule has 0 aliphatic heterocycles. The van der Waals surface area contributed by atoms with Crippen molar-refractivity contribution < 1.29 is 14.8 Å². The summed E-state index contributed by atoms with van der Waals surface area (Å²) in [5, 5.41) is 22.6. The van der Waals surface area contributed by atoms with Gasteiger partial charge in [-0.25, -0.2) is 9.97 Å². The van der Waals surface area contributed by atoms with Crippen molar-refractivity contribution in [1.29, 1.82) is 0 Å². The minimum absolute atomic E-state index is 0.00878. The molecule has 8 nitrogen and oxygen atoms in total. The number of aliphatic carboxylic acids is 1. The Bertz CT molecular complexity index is 956. The van der Waals surface area contributed by atoms with Gasteiger partial charge in [0.25, 0.3) is 5.69 Å². The first-order valence-electron chi connectivity index (χ1n) is 7.37. The molecule has 25 heavy (non-hydrogen) atoms. The van der Waals surface area contributed by atoms with Gasteiger partial charge in [0.05, 0.1) is 16.7 Å². The quantitative estimate of drug-likeness (QED) is 0.532. The summed E-state index contributed by atoms with van der Waals surface area (Å²) in [6.07, 6.45) is 1.42. The normalized spacial score (nSPS) is 10.8. The SMILES string of the molecule is CN(CCC(=O)O)c1ncnc2scc(-c3cccc([N+](=O)[O-])c3)c12. The second-order valence-corrected chi connectivity index (χ2v) is 6.26. The van der Waals surface area contributed by atoms with E-state index in [1.807, 2.05) is 5.38 Å². The van der Waals surface area contributed by atoms with Crippen molar-refractivity contribution in [2.24, 2.45) is 0 Å². The van der Waals surface area contributed by atoms with E-state index in [-0.39, 0.29) is 12.1 Å². The third-order valence-electron chi connectivity index (χ3n) is 3.74. The average molecular weight is 358 g/mol. The standard InChI is InChI=1S/C16H14N4O4S/c1-19(6-5-13(21)22)15-14-12(8-25-16(14)18-9-17-15)10-3-2-4-11(7-10)20(23)24/h2-4,7-9H,5-6H2,1H3,(H,21,22). The Kier molecular flexibility index (Phi) is 4.57. The molecule has 1 N–H and O–H groups in total. The van der Waals surface area contributed by atoms with E-state index in [0.717, 1.165) is 15.8 Å². The lowest BCUT2D eigenvalue weighted by Gasteiger charge is -2.18. The van der Waals surface area contributed by atoms with Gasteiger partial charge in [0, 0.05) is 36.7 Å². The van der Waals surface area contributed by atoms with Crippen molar-refractivity contribution in [2.75, 3.05) is 18.5 Å². The predicted molar refractivity (Wildman–Crippen MR) is 95.0 cm³/mol. The van der Waals surface area contributed by atoms with Gasteiger partial charge in [0.1, 0.15) is 17.0 Å². The molecule has 0 aliphatic rings. The number of hydrogen-bond acceptors (Lipinski definition) is 7. The fourth-order valence-corrected chi connectivity index (χ4v) is 3.43. The number of benzene rings is 1. The molecule has 0 bridgehead atoms. The zero-order valence-electron chi connectivity index (χ0n) is 13.2. The van der Waals surface area contributed by atoms with Gasteiger partial charge in [0.2, 0.25) is 0 Å². The van der Waals surface area contributed by atoms with Crippen LogP contribution in [-0.4, -0.2) is 39.6 Å². The minimum Gasteiger partial charge on any atom is -0.481 e. The lowest BCUT2D eigenvalue weighted by atomic mass is 10.1. The molecule has 128 valence electrons. The molecule has 0 saturated carbocycles. The topological polar surface area (TPSA) is 109 Å². The Morgan fingerprint density at radius 3 is 2.92 bits per heavy atom. The molecule has 2 heterocycles. The van der Waals surface area contributed by atoms with Gasteiger partial charge in [-0.1, -0.05) is 12.1 Å². The van der Waals surface area contributed by atoms with Crippen LogP contribution < -0.4 is 4.90 Å². The molecule has 0 fully saturated rings. The van der Waals surface area contributed by atoms with Gasteiger partial charge < -0.3 is 10.0 Å². The van der Waals surface area contributed by atoms with E-state index in [2.05, 4.69) is 9.97 Å². The van der Waals surface area contributed by atoms with Crippen LogP contribution in [-0.2, 0) is 4.79 Å². The Balaban J connectivity index is 2.10. The molecular formula is C16H14N4O4S. The van der Waals surface area contributed by atoms with Crippen LogP contribution in [0.5, 0.6) is 0 Å². The van der Waals surface area contributed by atoms with Crippen molar-refractivity contribution in [1.82, 2.24) is 9.97 Å². The van der Waals surface area contributed by atoms with E-state index in [9.17, 15) is 14.9 Å². The fraction of sp³-hybridized carbons (Fsp3) is 0.188. The maximum atomic E-state index is 11.0. The number of aromatic nitrogens is 2. The van der Waals surface area contributed by atoms with Crippen molar-refractivity contribution >= 4 is 39.0 Å². The molecule has 2 aromatic heterocycles. The van der Waals surface area contributed by atoms with Crippen molar-refractivity contribution in [3.05, 3.63) is 46.1 Å². The maximum absolute atomic E-state index is 11.0. The number of carbonyl (C=O) groups is 1. The molecular weight excluding hydrogens is 344 g/mol. The van der Waals surface area contributed by atoms with Crippen LogP contribution in [0.1, 0.15) is 6.42 Å². The monoisotopic (exact) mass is 358 g/mol. The summed E-state index contributed by atoms with van der Waals surface area (Å²) in [7, 11) is 1.76. The van der Waals surface area contributed by atoms with Crippen LogP contribution in [0.3, 0.4) is 0 Å². The van der Waals surface area contributed by atoms with Crippen molar-refractivity contribution in [2.45, 2.75) is 6.42 Å². The fourth-order valence-electron chi connectivity index (χ4n) is 2.52. The number of thiophene rings is 1. The predicted octanol–water partition coefficient (Wildman–Crippen LogP) is 3.18. The lowest BCUT2D eigenvalue weighted by Crippen LogP contribution is -2.22. The first-order chi connectivity index (χ1) is 12.0. The third-order valence-corrected chi connectivity index (χ3v) is 4.63. The van der Waals surface area contributed by atoms with Crippen molar-refractivity contribution in [3.8, 4) is 11.1 Å². The Hall–Kier alpha value is -3.07. The summed E-state index contributed by atoms with van der Waals surface area (Å²) in [5.41, 5.74) is 1.50. The van der Waals surface area contributed by atoms with E-state index in [4.69, 9.17) is 5.11 Å². The van der Waals surface area contributed by atoms with E-state index < -0.39 is 10.9 Å². The highest BCUT2D eigenvalue weighted by atomic mass is 32.1.